The summed E-state index contributed by atoms with van der Waals surface area (Å²) in [6.45, 7) is 12.6. The quantitative estimate of drug-likeness (QED) is 0.277. The van der Waals surface area contributed by atoms with Crippen molar-refractivity contribution in [3.05, 3.63) is 88.4 Å². The second-order valence-corrected chi connectivity index (χ2v) is 12.7. The fourth-order valence-corrected chi connectivity index (χ4v) is 7.00. The van der Waals surface area contributed by atoms with Crippen LogP contribution in [0.5, 0.6) is 5.75 Å². The minimum absolute atomic E-state index is 0.0975. The average molecular weight is 617 g/mol. The Kier molecular flexibility index (Phi) is 9.75. The van der Waals surface area contributed by atoms with E-state index in [1.54, 1.807) is 31.2 Å². The highest BCUT2D eigenvalue weighted by Crippen LogP contribution is 2.56. The zero-order chi connectivity index (χ0) is 33.4. The third kappa shape index (κ3) is 5.82. The van der Waals surface area contributed by atoms with E-state index < -0.39 is 22.9 Å². The van der Waals surface area contributed by atoms with E-state index >= 15 is 4.39 Å². The van der Waals surface area contributed by atoms with Crippen molar-refractivity contribution in [2.45, 2.75) is 33.1 Å². The van der Waals surface area contributed by atoms with Gasteiger partial charge >= 0.3 is 0 Å². The van der Waals surface area contributed by atoms with E-state index in [0.717, 1.165) is 12.1 Å². The Morgan fingerprint density at radius 3 is 2.38 bits per heavy atom. The predicted octanol–water partition coefficient (Wildman–Crippen LogP) is 4.95. The second-order valence-electron chi connectivity index (χ2n) is 12.7. The molecule has 0 saturated heterocycles. The minimum Gasteiger partial charge on any atom is -0.507 e. The molecule has 0 aliphatic heterocycles. The molecule has 5 rings (SSSR count). The number of phenolic OH excluding ortho intramolecular Hbond substituents is 1. The van der Waals surface area contributed by atoms with E-state index in [2.05, 4.69) is 23.8 Å². The molecule has 2 aromatic carbocycles. The van der Waals surface area contributed by atoms with Gasteiger partial charge in [0.05, 0.1) is 11.0 Å². The number of hydrogen-bond acceptors (Lipinski definition) is 8. The summed E-state index contributed by atoms with van der Waals surface area (Å²) in [6, 6.07) is 8.10. The van der Waals surface area contributed by atoms with Crippen molar-refractivity contribution in [1.29, 1.82) is 0 Å². The van der Waals surface area contributed by atoms with Gasteiger partial charge in [0.25, 0.3) is 0 Å². The molecule has 0 aromatic heterocycles. The highest BCUT2D eigenvalue weighted by Gasteiger charge is 2.58. The van der Waals surface area contributed by atoms with E-state index in [1.165, 1.54) is 6.07 Å². The summed E-state index contributed by atoms with van der Waals surface area (Å²) < 4.78 is 16.1. The number of ketones is 2. The van der Waals surface area contributed by atoms with Crippen LogP contribution in [-0.2, 0) is 16.0 Å². The number of fused-ring (bicyclic) bond motifs is 3. The Balaban J connectivity index is 0.00000148. The van der Waals surface area contributed by atoms with Crippen LogP contribution >= 0.6 is 0 Å². The van der Waals surface area contributed by atoms with E-state index in [1.807, 2.05) is 40.0 Å². The van der Waals surface area contributed by atoms with Gasteiger partial charge in [-0.05, 0) is 96.4 Å². The summed E-state index contributed by atoms with van der Waals surface area (Å²) in [5.74, 6) is -2.57. The van der Waals surface area contributed by atoms with Gasteiger partial charge in [0.1, 0.15) is 17.3 Å². The average Bonchev–Trinajstić information content (AvgIpc) is 2.95. The fourth-order valence-electron chi connectivity index (χ4n) is 7.00. The van der Waals surface area contributed by atoms with Crippen molar-refractivity contribution in [3.8, 4) is 16.9 Å². The monoisotopic (exact) mass is 616 g/mol. The van der Waals surface area contributed by atoms with Crippen LogP contribution in [0.1, 0.15) is 43.4 Å². The molecular formula is C36H45FN4O4. The molecule has 0 heterocycles. The van der Waals surface area contributed by atoms with E-state index in [9.17, 15) is 19.8 Å². The van der Waals surface area contributed by atoms with Crippen LogP contribution in [0, 0.1) is 23.1 Å². The Hall–Kier alpha value is -4.21. The summed E-state index contributed by atoms with van der Waals surface area (Å²) in [4.78, 5) is 29.8. The standard InChI is InChI=1S/C34H38FN3O4.C2H7N/c1-17-14-21-15-20-16-25-23(24-9-7-8-22(30(24)35)19(3)37-12-13-38(5)6)10-11-26(39)29(25)31(40)28(20)33(42)34(21,4)32(41)27(17)18(2)36;1-3-2/h7-11,20-21,37,39-40H,2-3,12-16,36H2,1,4-6H3;3H,1-2H3/t20?,21-,34+;/m1./s1. The molecule has 0 radical (unpaired) electrons. The number of halogens is 1. The van der Waals surface area contributed by atoms with Crippen LogP contribution in [0.2, 0.25) is 0 Å². The lowest BCUT2D eigenvalue weighted by atomic mass is 9.53. The number of hydrogen-bond donors (Lipinski definition) is 5. The zero-order valence-corrected chi connectivity index (χ0v) is 27.1. The Labute approximate surface area is 265 Å². The van der Waals surface area contributed by atoms with Crippen LogP contribution in [0.15, 0.2) is 65.9 Å². The molecule has 3 atom stereocenters. The first kappa shape index (κ1) is 33.7. The molecule has 0 spiro atoms. The summed E-state index contributed by atoms with van der Waals surface area (Å²) in [6.07, 6.45) is 1.28. The molecule has 2 aromatic rings. The van der Waals surface area contributed by atoms with Crippen molar-refractivity contribution in [1.82, 2.24) is 15.5 Å². The maximum atomic E-state index is 16.1. The summed E-state index contributed by atoms with van der Waals surface area (Å²) >= 11 is 0. The maximum absolute atomic E-state index is 16.1. The van der Waals surface area contributed by atoms with Crippen molar-refractivity contribution < 1.29 is 24.2 Å². The molecule has 8 nitrogen and oxygen atoms in total. The van der Waals surface area contributed by atoms with Gasteiger partial charge in [-0.2, -0.15) is 0 Å². The van der Waals surface area contributed by atoms with E-state index in [-0.39, 0.29) is 45.6 Å². The molecule has 1 saturated carbocycles. The largest absolute Gasteiger partial charge is 0.507 e. The number of nitrogens with zero attached hydrogens (tertiary/aromatic N) is 1. The number of rotatable bonds is 7. The molecule has 240 valence electrons. The van der Waals surface area contributed by atoms with E-state index in [4.69, 9.17) is 5.73 Å². The number of nitrogens with two attached hydrogens (primary N) is 1. The number of aliphatic hydroxyl groups excluding tert-OH is 1. The smallest absolute Gasteiger partial charge is 0.178 e. The number of aromatic hydroxyl groups is 1. The van der Waals surface area contributed by atoms with E-state index in [0.29, 0.717) is 53.8 Å². The molecule has 0 amide bonds. The Morgan fingerprint density at radius 1 is 1.09 bits per heavy atom. The van der Waals surface area contributed by atoms with Crippen LogP contribution in [0.4, 0.5) is 4.39 Å². The van der Waals surface area contributed by atoms with Crippen LogP contribution in [0.3, 0.4) is 0 Å². The summed E-state index contributed by atoms with van der Waals surface area (Å²) in [7, 11) is 7.65. The normalized spacial score (nSPS) is 22.3. The number of nitrogens with one attached hydrogen (secondary N) is 2. The number of likely N-dealkylation sites (N-methyl/N-ethyl adjacent to an activating group) is 1. The fraction of sp³-hybridized carbons (Fsp3) is 0.389. The first-order chi connectivity index (χ1) is 21.2. The van der Waals surface area contributed by atoms with Crippen molar-refractivity contribution >= 4 is 23.0 Å². The number of carbonyl (C=O) groups excluding carboxylic acids is 2. The maximum Gasteiger partial charge on any atom is 0.178 e. The molecule has 1 unspecified atom stereocenters. The van der Waals surface area contributed by atoms with Gasteiger partial charge in [-0.1, -0.05) is 36.9 Å². The number of Topliss-reactive ketones (excluding diaryl/α,β-unsaturated/α-hetero) is 2. The lowest BCUT2D eigenvalue weighted by Crippen LogP contribution is -2.53. The zero-order valence-electron chi connectivity index (χ0n) is 27.1. The lowest BCUT2D eigenvalue weighted by molar-refractivity contribution is -0.142. The molecule has 3 aliphatic rings. The molecule has 0 bridgehead atoms. The first-order valence-corrected chi connectivity index (χ1v) is 15.2. The number of aliphatic hydroxyl groups is 1. The number of carbonyl (C=O) groups is 2. The van der Waals surface area contributed by atoms with Gasteiger partial charge in [-0.15, -0.1) is 0 Å². The Bertz CT molecular complexity index is 1640. The predicted molar refractivity (Wildman–Crippen MR) is 178 cm³/mol. The molecule has 6 N–H and O–H groups in total. The topological polar surface area (TPSA) is 128 Å². The minimum atomic E-state index is -1.40. The second kappa shape index (κ2) is 13.0. The van der Waals surface area contributed by atoms with Crippen LogP contribution in [0.25, 0.3) is 22.6 Å². The Morgan fingerprint density at radius 2 is 1.76 bits per heavy atom. The van der Waals surface area contributed by atoms with Gasteiger partial charge in [-0.25, -0.2) is 4.39 Å². The number of allylic oxidation sites excluding steroid dienone is 3. The van der Waals surface area contributed by atoms with Crippen molar-refractivity contribution in [2.75, 3.05) is 41.3 Å². The molecule has 3 aliphatic carbocycles. The third-order valence-corrected chi connectivity index (χ3v) is 9.25. The SMILES string of the molecule is C=C(N)C1=C(C)C[C@@H]2CC3Cc4c(-c5cccc(C(=C)NCCN(C)C)c5F)ccc(O)c4C(O)=C3C(=O)[C@]2(C)C1=O.CNC. The molecule has 45 heavy (non-hydrogen) atoms. The van der Waals surface area contributed by atoms with Crippen molar-refractivity contribution in [2.24, 2.45) is 23.0 Å². The molecule has 1 fully saturated rings. The number of phenols is 1. The summed E-state index contributed by atoms with van der Waals surface area (Å²) in [5, 5.41) is 28.4. The van der Waals surface area contributed by atoms with Gasteiger partial charge in [0, 0.05) is 46.8 Å². The summed E-state index contributed by atoms with van der Waals surface area (Å²) in [5.41, 5.74) is 8.16. The van der Waals surface area contributed by atoms with Crippen molar-refractivity contribution in [3.63, 3.8) is 0 Å². The molecular weight excluding hydrogens is 571 g/mol. The third-order valence-electron chi connectivity index (χ3n) is 9.25. The van der Waals surface area contributed by atoms with Gasteiger partial charge in [0.15, 0.2) is 11.6 Å². The van der Waals surface area contributed by atoms with Gasteiger partial charge in [-0.3, -0.25) is 9.59 Å². The van der Waals surface area contributed by atoms with Crippen LogP contribution < -0.4 is 16.4 Å². The first-order valence-electron chi connectivity index (χ1n) is 15.2. The molecule has 9 heteroatoms. The lowest BCUT2D eigenvalue weighted by Gasteiger charge is -2.48. The highest BCUT2D eigenvalue weighted by atomic mass is 19.1. The number of benzene rings is 2. The van der Waals surface area contributed by atoms with Gasteiger partial charge < -0.3 is 31.5 Å². The highest BCUT2D eigenvalue weighted by molar-refractivity contribution is 6.23. The van der Waals surface area contributed by atoms with Gasteiger partial charge in [0.2, 0.25) is 0 Å². The van der Waals surface area contributed by atoms with Crippen LogP contribution in [-0.4, -0.2) is 68.0 Å².